The Bertz CT molecular complexity index is 441. The van der Waals surface area contributed by atoms with Crippen LogP contribution in [0.2, 0.25) is 0 Å². The zero-order valence-corrected chi connectivity index (χ0v) is 13.1. The lowest BCUT2D eigenvalue weighted by Crippen LogP contribution is -2.57. The number of aliphatic hydroxyl groups excluding tert-OH is 1. The monoisotopic (exact) mass is 293 g/mol. The van der Waals surface area contributed by atoms with Crippen molar-refractivity contribution in [3.63, 3.8) is 0 Å². The van der Waals surface area contributed by atoms with Gasteiger partial charge in [0.25, 0.3) is 0 Å². The number of carbonyl (C=O) groups excluding carboxylic acids is 2. The van der Waals surface area contributed by atoms with Crippen LogP contribution in [0.15, 0.2) is 0 Å². The lowest BCUT2D eigenvalue weighted by atomic mass is 9.72. The van der Waals surface area contributed by atoms with Gasteiger partial charge in [0, 0.05) is 6.42 Å². The van der Waals surface area contributed by atoms with Crippen LogP contribution < -0.4 is 0 Å². The van der Waals surface area contributed by atoms with Crippen molar-refractivity contribution in [2.45, 2.75) is 76.7 Å². The van der Waals surface area contributed by atoms with Gasteiger partial charge in [-0.25, -0.2) is 0 Å². The van der Waals surface area contributed by atoms with Crippen LogP contribution in [0.1, 0.15) is 71.1 Å². The molecule has 2 saturated carbocycles. The molecule has 2 amide bonds. The Morgan fingerprint density at radius 1 is 1.14 bits per heavy atom. The summed E-state index contributed by atoms with van der Waals surface area (Å²) in [4.78, 5) is 27.2. The first kappa shape index (κ1) is 15.0. The Balaban J connectivity index is 1.90. The molecule has 0 aromatic carbocycles. The van der Waals surface area contributed by atoms with E-state index in [-0.39, 0.29) is 18.4 Å². The molecule has 3 rings (SSSR count). The quantitative estimate of drug-likeness (QED) is 0.796. The lowest BCUT2D eigenvalue weighted by molar-refractivity contribution is -0.154. The Hall–Kier alpha value is -0.900. The van der Waals surface area contributed by atoms with Gasteiger partial charge in [0.15, 0.2) is 0 Å². The van der Waals surface area contributed by atoms with Crippen molar-refractivity contribution in [1.82, 2.24) is 4.90 Å². The van der Waals surface area contributed by atoms with Crippen molar-refractivity contribution in [2.24, 2.45) is 11.3 Å². The van der Waals surface area contributed by atoms with E-state index in [0.29, 0.717) is 12.3 Å². The van der Waals surface area contributed by atoms with Crippen molar-refractivity contribution in [3.05, 3.63) is 0 Å². The highest BCUT2D eigenvalue weighted by Crippen LogP contribution is 2.49. The molecule has 1 spiro atoms. The third-order valence-electron chi connectivity index (χ3n) is 6.04. The highest BCUT2D eigenvalue weighted by Gasteiger charge is 2.57. The molecule has 4 nitrogen and oxygen atoms in total. The van der Waals surface area contributed by atoms with Crippen molar-refractivity contribution in [2.75, 3.05) is 6.61 Å². The molecule has 3 fully saturated rings. The van der Waals surface area contributed by atoms with Crippen LogP contribution in [0.3, 0.4) is 0 Å². The number of hydrogen-bond donors (Lipinski definition) is 1. The van der Waals surface area contributed by atoms with Gasteiger partial charge in [-0.1, -0.05) is 39.0 Å². The normalized spacial score (nSPS) is 36.5. The van der Waals surface area contributed by atoms with Crippen LogP contribution in [0, 0.1) is 11.3 Å². The van der Waals surface area contributed by atoms with Gasteiger partial charge in [-0.2, -0.15) is 0 Å². The van der Waals surface area contributed by atoms with E-state index >= 15 is 0 Å². The van der Waals surface area contributed by atoms with E-state index in [2.05, 4.69) is 6.92 Å². The molecule has 0 aromatic heterocycles. The molecule has 118 valence electrons. The van der Waals surface area contributed by atoms with Crippen molar-refractivity contribution >= 4 is 11.8 Å². The first-order valence-electron chi connectivity index (χ1n) is 8.51. The molecule has 4 heteroatoms. The number of rotatable bonds is 2. The largest absolute Gasteiger partial charge is 0.394 e. The summed E-state index contributed by atoms with van der Waals surface area (Å²) in [7, 11) is 0. The Morgan fingerprint density at radius 3 is 2.48 bits per heavy atom. The molecule has 21 heavy (non-hydrogen) atoms. The van der Waals surface area contributed by atoms with Crippen LogP contribution in [-0.2, 0) is 9.59 Å². The van der Waals surface area contributed by atoms with Gasteiger partial charge in [0.05, 0.1) is 17.6 Å². The van der Waals surface area contributed by atoms with Gasteiger partial charge in [-0.15, -0.1) is 0 Å². The predicted octanol–water partition coefficient (Wildman–Crippen LogP) is 2.64. The maximum Gasteiger partial charge on any atom is 0.236 e. The van der Waals surface area contributed by atoms with Crippen LogP contribution >= 0.6 is 0 Å². The minimum atomic E-state index is -0.618. The number of nitrogens with zero attached hydrogens (tertiary/aromatic N) is 1. The maximum absolute atomic E-state index is 13.1. The average Bonchev–Trinajstić information content (AvgIpc) is 2.71. The van der Waals surface area contributed by atoms with Crippen LogP contribution in [-0.4, -0.2) is 34.0 Å². The smallest absolute Gasteiger partial charge is 0.236 e. The molecule has 2 atom stereocenters. The molecular formula is C17H27NO3. The van der Waals surface area contributed by atoms with Crippen molar-refractivity contribution < 1.29 is 14.7 Å². The molecule has 1 heterocycles. The number of hydrogen-bond acceptors (Lipinski definition) is 3. The van der Waals surface area contributed by atoms with E-state index in [1.807, 2.05) is 0 Å². The van der Waals surface area contributed by atoms with E-state index in [4.69, 9.17) is 0 Å². The average molecular weight is 293 g/mol. The molecule has 3 aliphatic rings. The van der Waals surface area contributed by atoms with Crippen LogP contribution in [0.5, 0.6) is 0 Å². The molecule has 1 saturated heterocycles. The van der Waals surface area contributed by atoms with Gasteiger partial charge in [0.2, 0.25) is 11.8 Å². The second-order valence-corrected chi connectivity index (χ2v) is 7.64. The van der Waals surface area contributed by atoms with Gasteiger partial charge in [-0.3, -0.25) is 14.5 Å². The summed E-state index contributed by atoms with van der Waals surface area (Å²) in [5.41, 5.74) is -1.05. The van der Waals surface area contributed by atoms with E-state index < -0.39 is 11.0 Å². The fourth-order valence-corrected chi connectivity index (χ4v) is 4.94. The highest BCUT2D eigenvalue weighted by molar-refractivity contribution is 6.06. The number of imide groups is 1. The van der Waals surface area contributed by atoms with Crippen LogP contribution in [0.25, 0.3) is 0 Å². The minimum absolute atomic E-state index is 0.0235. The first-order valence-corrected chi connectivity index (χ1v) is 8.51. The molecule has 0 bridgehead atoms. The summed E-state index contributed by atoms with van der Waals surface area (Å²) in [5, 5.41) is 10.00. The topological polar surface area (TPSA) is 57.6 Å². The lowest BCUT2D eigenvalue weighted by Gasteiger charge is -2.45. The zero-order valence-electron chi connectivity index (χ0n) is 13.1. The van der Waals surface area contributed by atoms with Crippen molar-refractivity contribution in [3.8, 4) is 0 Å². The molecule has 1 N–H and O–H groups in total. The maximum atomic E-state index is 13.1. The summed E-state index contributed by atoms with van der Waals surface area (Å²) in [5.74, 6) is 0.454. The molecule has 0 aromatic rings. The van der Waals surface area contributed by atoms with E-state index in [1.54, 1.807) is 0 Å². The van der Waals surface area contributed by atoms with Gasteiger partial charge < -0.3 is 5.11 Å². The van der Waals surface area contributed by atoms with Gasteiger partial charge >= 0.3 is 0 Å². The second kappa shape index (κ2) is 5.38. The van der Waals surface area contributed by atoms with E-state index in [9.17, 15) is 14.7 Å². The molecule has 1 aliphatic heterocycles. The molecule has 2 unspecified atom stereocenters. The Morgan fingerprint density at radius 2 is 1.86 bits per heavy atom. The SMILES string of the molecule is CC1CCCC(CO)(N2C(=O)CC3(CCCCC3)C2=O)C1. The summed E-state index contributed by atoms with van der Waals surface area (Å²) in [6, 6.07) is 0. The summed E-state index contributed by atoms with van der Waals surface area (Å²) < 4.78 is 0. The number of likely N-dealkylation sites (tertiary alicyclic amines) is 1. The summed E-state index contributed by atoms with van der Waals surface area (Å²) >= 11 is 0. The number of amides is 2. The van der Waals surface area contributed by atoms with Gasteiger partial charge in [0.1, 0.15) is 0 Å². The Kier molecular flexibility index (Phi) is 3.85. The highest BCUT2D eigenvalue weighted by atomic mass is 16.3. The Labute approximate surface area is 126 Å². The zero-order chi connectivity index (χ0) is 15.1. The standard InChI is InChI=1S/C17H27NO3/c1-13-6-5-9-17(10-13,12-19)18-14(20)11-16(15(18)21)7-3-2-4-8-16/h13,19H,2-12H2,1H3. The fourth-order valence-electron chi connectivity index (χ4n) is 4.94. The third kappa shape index (κ3) is 2.32. The van der Waals surface area contributed by atoms with Gasteiger partial charge in [-0.05, 0) is 31.6 Å². The summed E-state index contributed by atoms with van der Waals surface area (Å²) in [6.07, 6.45) is 9.00. The fraction of sp³-hybridized carbons (Fsp3) is 0.882. The van der Waals surface area contributed by atoms with Crippen molar-refractivity contribution in [1.29, 1.82) is 0 Å². The second-order valence-electron chi connectivity index (χ2n) is 7.64. The third-order valence-corrected chi connectivity index (χ3v) is 6.04. The number of carbonyl (C=O) groups is 2. The predicted molar refractivity (Wildman–Crippen MR) is 79.4 cm³/mol. The number of aliphatic hydroxyl groups is 1. The molecule has 2 aliphatic carbocycles. The minimum Gasteiger partial charge on any atom is -0.394 e. The summed E-state index contributed by atoms with van der Waals surface area (Å²) in [6.45, 7) is 2.08. The molecule has 0 radical (unpaired) electrons. The first-order chi connectivity index (χ1) is 10.0. The van der Waals surface area contributed by atoms with E-state index in [0.717, 1.165) is 51.4 Å². The van der Waals surface area contributed by atoms with Crippen LogP contribution in [0.4, 0.5) is 0 Å². The molecular weight excluding hydrogens is 266 g/mol. The van der Waals surface area contributed by atoms with E-state index in [1.165, 1.54) is 11.3 Å².